The summed E-state index contributed by atoms with van der Waals surface area (Å²) in [6.07, 6.45) is 4.60. The Balaban J connectivity index is 0.000000980. The molecule has 1 fully saturated rings. The molecular formula is C11H15Cl2N. The van der Waals surface area contributed by atoms with Gasteiger partial charge in [0.2, 0.25) is 0 Å². The van der Waals surface area contributed by atoms with Gasteiger partial charge in [-0.15, -0.1) is 12.4 Å². The summed E-state index contributed by atoms with van der Waals surface area (Å²) in [6, 6.07) is 7.99. The summed E-state index contributed by atoms with van der Waals surface area (Å²) in [4.78, 5) is 0. The van der Waals surface area contributed by atoms with Gasteiger partial charge in [0.15, 0.2) is 0 Å². The zero-order valence-corrected chi connectivity index (χ0v) is 9.57. The van der Waals surface area contributed by atoms with Crippen molar-refractivity contribution in [2.45, 2.75) is 31.2 Å². The molecular weight excluding hydrogens is 217 g/mol. The lowest BCUT2D eigenvalue weighted by molar-refractivity contribution is 0.247. The van der Waals surface area contributed by atoms with Gasteiger partial charge in [-0.2, -0.15) is 0 Å². The number of hydrogen-bond acceptors (Lipinski definition) is 1. The van der Waals surface area contributed by atoms with Gasteiger partial charge in [0, 0.05) is 10.6 Å². The van der Waals surface area contributed by atoms with Crippen molar-refractivity contribution in [2.24, 2.45) is 5.73 Å². The Kier molecular flexibility index (Phi) is 3.82. The van der Waals surface area contributed by atoms with Gasteiger partial charge in [-0.1, -0.05) is 23.7 Å². The van der Waals surface area contributed by atoms with Crippen LogP contribution in [-0.4, -0.2) is 5.54 Å². The van der Waals surface area contributed by atoms with E-state index in [4.69, 9.17) is 17.3 Å². The minimum atomic E-state index is 0. The first-order valence-corrected chi connectivity index (χ1v) is 5.09. The minimum Gasteiger partial charge on any atom is -0.325 e. The maximum Gasteiger partial charge on any atom is 0.0406 e. The molecule has 1 aromatic carbocycles. The van der Waals surface area contributed by atoms with Crippen LogP contribution in [0.5, 0.6) is 0 Å². The van der Waals surface area contributed by atoms with Crippen molar-refractivity contribution in [1.82, 2.24) is 0 Å². The highest BCUT2D eigenvalue weighted by molar-refractivity contribution is 6.30. The Morgan fingerprint density at radius 3 is 2.21 bits per heavy atom. The predicted molar refractivity (Wildman–Crippen MR) is 63.2 cm³/mol. The van der Waals surface area contributed by atoms with E-state index in [1.807, 2.05) is 12.1 Å². The van der Waals surface area contributed by atoms with E-state index in [0.717, 1.165) is 24.3 Å². The van der Waals surface area contributed by atoms with Gasteiger partial charge in [0.05, 0.1) is 0 Å². The molecule has 1 nitrogen and oxygen atoms in total. The second-order valence-corrected chi connectivity index (χ2v) is 4.46. The molecule has 0 heterocycles. The van der Waals surface area contributed by atoms with Gasteiger partial charge in [-0.25, -0.2) is 0 Å². The molecule has 14 heavy (non-hydrogen) atoms. The van der Waals surface area contributed by atoms with E-state index in [1.54, 1.807) is 0 Å². The lowest BCUT2D eigenvalue weighted by atomic mass is 9.74. The van der Waals surface area contributed by atoms with Crippen molar-refractivity contribution < 1.29 is 0 Å². The van der Waals surface area contributed by atoms with Gasteiger partial charge >= 0.3 is 0 Å². The molecule has 1 aromatic rings. The molecule has 0 unspecified atom stereocenters. The summed E-state index contributed by atoms with van der Waals surface area (Å²) >= 11 is 5.80. The molecule has 2 N–H and O–H groups in total. The highest BCUT2D eigenvalue weighted by atomic mass is 35.5. The van der Waals surface area contributed by atoms with E-state index in [1.165, 1.54) is 12.0 Å². The van der Waals surface area contributed by atoms with Crippen molar-refractivity contribution in [2.75, 3.05) is 0 Å². The topological polar surface area (TPSA) is 26.0 Å². The van der Waals surface area contributed by atoms with Crippen LogP contribution in [-0.2, 0) is 6.42 Å². The molecule has 2 rings (SSSR count). The standard InChI is InChI=1S/C11H14ClN.ClH/c12-10-4-2-9(3-5-10)8-11(13)6-1-7-11;/h2-5H,1,6-8,13H2;1H. The molecule has 0 radical (unpaired) electrons. The van der Waals surface area contributed by atoms with Gasteiger partial charge < -0.3 is 5.73 Å². The SMILES string of the molecule is Cl.NC1(Cc2ccc(Cl)cc2)CCC1. The second-order valence-electron chi connectivity index (χ2n) is 4.02. The third kappa shape index (κ3) is 2.63. The Morgan fingerprint density at radius 1 is 1.21 bits per heavy atom. The maximum atomic E-state index is 6.14. The molecule has 78 valence electrons. The first-order chi connectivity index (χ1) is 6.18. The third-order valence-electron chi connectivity index (χ3n) is 2.82. The van der Waals surface area contributed by atoms with Gasteiger partial charge in [0.1, 0.15) is 0 Å². The summed E-state index contributed by atoms with van der Waals surface area (Å²) in [5.74, 6) is 0. The van der Waals surface area contributed by atoms with E-state index in [0.29, 0.717) is 0 Å². The lowest BCUT2D eigenvalue weighted by Gasteiger charge is -2.38. The monoisotopic (exact) mass is 231 g/mol. The minimum absolute atomic E-state index is 0. The molecule has 0 amide bonds. The van der Waals surface area contributed by atoms with Crippen LogP contribution in [0.3, 0.4) is 0 Å². The average Bonchev–Trinajstić information content (AvgIpc) is 2.06. The van der Waals surface area contributed by atoms with E-state index < -0.39 is 0 Å². The molecule has 0 atom stereocenters. The Morgan fingerprint density at radius 2 is 1.79 bits per heavy atom. The van der Waals surface area contributed by atoms with E-state index in [9.17, 15) is 0 Å². The van der Waals surface area contributed by atoms with Crippen LogP contribution in [0.15, 0.2) is 24.3 Å². The smallest absolute Gasteiger partial charge is 0.0406 e. The quantitative estimate of drug-likeness (QED) is 0.832. The van der Waals surface area contributed by atoms with Crippen molar-refractivity contribution in [1.29, 1.82) is 0 Å². The Hall–Kier alpha value is -0.240. The van der Waals surface area contributed by atoms with Crippen LogP contribution in [0.1, 0.15) is 24.8 Å². The fourth-order valence-electron chi connectivity index (χ4n) is 1.82. The van der Waals surface area contributed by atoms with E-state index >= 15 is 0 Å². The number of halogens is 2. The van der Waals surface area contributed by atoms with Crippen LogP contribution < -0.4 is 5.73 Å². The molecule has 0 bridgehead atoms. The van der Waals surface area contributed by atoms with Crippen molar-refractivity contribution >= 4 is 24.0 Å². The summed E-state index contributed by atoms with van der Waals surface area (Å²) in [5, 5.41) is 0.795. The molecule has 0 saturated heterocycles. The largest absolute Gasteiger partial charge is 0.325 e. The maximum absolute atomic E-state index is 6.14. The third-order valence-corrected chi connectivity index (χ3v) is 3.07. The van der Waals surface area contributed by atoms with Crippen LogP contribution in [0, 0.1) is 0 Å². The normalized spacial score (nSPS) is 18.1. The van der Waals surface area contributed by atoms with Crippen LogP contribution in [0.4, 0.5) is 0 Å². The number of hydrogen-bond donors (Lipinski definition) is 1. The van der Waals surface area contributed by atoms with E-state index in [-0.39, 0.29) is 17.9 Å². The molecule has 0 spiro atoms. The van der Waals surface area contributed by atoms with E-state index in [2.05, 4.69) is 12.1 Å². The first kappa shape index (κ1) is 11.8. The van der Waals surface area contributed by atoms with Crippen molar-refractivity contribution in [3.05, 3.63) is 34.9 Å². The van der Waals surface area contributed by atoms with Crippen LogP contribution >= 0.6 is 24.0 Å². The zero-order chi connectivity index (χ0) is 9.31. The highest BCUT2D eigenvalue weighted by Gasteiger charge is 2.32. The number of benzene rings is 1. The molecule has 0 aromatic heterocycles. The Labute approximate surface area is 96.0 Å². The summed E-state index contributed by atoms with van der Waals surface area (Å²) in [5.41, 5.74) is 7.51. The fraction of sp³-hybridized carbons (Fsp3) is 0.455. The second kappa shape index (κ2) is 4.52. The predicted octanol–water partition coefficient (Wildman–Crippen LogP) is 3.19. The molecule has 3 heteroatoms. The lowest BCUT2D eigenvalue weighted by Crippen LogP contribution is -2.48. The molecule has 0 aliphatic heterocycles. The fourth-order valence-corrected chi connectivity index (χ4v) is 1.94. The van der Waals surface area contributed by atoms with Gasteiger partial charge in [-0.3, -0.25) is 0 Å². The van der Waals surface area contributed by atoms with Crippen LogP contribution in [0.2, 0.25) is 5.02 Å². The van der Waals surface area contributed by atoms with Crippen LogP contribution in [0.25, 0.3) is 0 Å². The zero-order valence-electron chi connectivity index (χ0n) is 8.00. The number of rotatable bonds is 2. The van der Waals surface area contributed by atoms with Crippen molar-refractivity contribution in [3.63, 3.8) is 0 Å². The van der Waals surface area contributed by atoms with Gasteiger partial charge in [-0.05, 0) is 43.4 Å². The van der Waals surface area contributed by atoms with Crippen molar-refractivity contribution in [3.8, 4) is 0 Å². The summed E-state index contributed by atoms with van der Waals surface area (Å²) in [6.45, 7) is 0. The Bertz CT molecular complexity index is 291. The first-order valence-electron chi connectivity index (χ1n) is 4.71. The summed E-state index contributed by atoms with van der Waals surface area (Å²) < 4.78 is 0. The highest BCUT2D eigenvalue weighted by Crippen LogP contribution is 2.32. The molecule has 1 saturated carbocycles. The molecule has 1 aliphatic carbocycles. The summed E-state index contributed by atoms with van der Waals surface area (Å²) in [7, 11) is 0. The van der Waals surface area contributed by atoms with Gasteiger partial charge in [0.25, 0.3) is 0 Å². The molecule has 1 aliphatic rings. The number of nitrogens with two attached hydrogens (primary N) is 1. The average molecular weight is 232 g/mol.